The SMILES string of the molecule is NCC(O)(Cc1ccccc1)c1ccccc1. The first kappa shape index (κ1) is 11.8. The molecule has 0 saturated carbocycles. The van der Waals surface area contributed by atoms with Crippen molar-refractivity contribution in [2.75, 3.05) is 6.54 Å². The summed E-state index contributed by atoms with van der Waals surface area (Å²) < 4.78 is 0. The minimum Gasteiger partial charge on any atom is -0.383 e. The van der Waals surface area contributed by atoms with E-state index in [1.54, 1.807) is 0 Å². The fourth-order valence-electron chi connectivity index (χ4n) is 1.97. The summed E-state index contributed by atoms with van der Waals surface area (Å²) in [5, 5.41) is 10.6. The lowest BCUT2D eigenvalue weighted by Gasteiger charge is -2.27. The highest BCUT2D eigenvalue weighted by Crippen LogP contribution is 2.24. The van der Waals surface area contributed by atoms with Crippen LogP contribution in [0.15, 0.2) is 60.7 Å². The van der Waals surface area contributed by atoms with E-state index in [0.29, 0.717) is 6.42 Å². The first-order valence-electron chi connectivity index (χ1n) is 5.76. The highest BCUT2D eigenvalue weighted by atomic mass is 16.3. The average Bonchev–Trinajstić information content (AvgIpc) is 2.41. The van der Waals surface area contributed by atoms with Gasteiger partial charge in [-0.2, -0.15) is 0 Å². The van der Waals surface area contributed by atoms with Gasteiger partial charge in [-0.25, -0.2) is 0 Å². The Morgan fingerprint density at radius 1 is 0.882 bits per heavy atom. The Bertz CT molecular complexity index is 455. The molecule has 2 aromatic rings. The molecule has 2 aromatic carbocycles. The van der Waals surface area contributed by atoms with Gasteiger partial charge in [0.1, 0.15) is 5.60 Å². The molecule has 0 aliphatic rings. The molecule has 2 rings (SSSR count). The quantitative estimate of drug-likeness (QED) is 0.840. The van der Waals surface area contributed by atoms with E-state index < -0.39 is 5.60 Å². The molecule has 0 fully saturated rings. The number of hydrogen-bond donors (Lipinski definition) is 2. The van der Waals surface area contributed by atoms with Crippen molar-refractivity contribution >= 4 is 0 Å². The van der Waals surface area contributed by atoms with Gasteiger partial charge in [-0.3, -0.25) is 0 Å². The normalized spacial score (nSPS) is 14.2. The van der Waals surface area contributed by atoms with Crippen LogP contribution >= 0.6 is 0 Å². The average molecular weight is 227 g/mol. The second kappa shape index (κ2) is 5.13. The Balaban J connectivity index is 2.27. The summed E-state index contributed by atoms with van der Waals surface area (Å²) in [4.78, 5) is 0. The van der Waals surface area contributed by atoms with Gasteiger partial charge in [0.2, 0.25) is 0 Å². The van der Waals surface area contributed by atoms with Gasteiger partial charge in [0.05, 0.1) is 0 Å². The summed E-state index contributed by atoms with van der Waals surface area (Å²) in [5.74, 6) is 0. The first-order valence-corrected chi connectivity index (χ1v) is 5.76. The van der Waals surface area contributed by atoms with Crippen LogP contribution in [-0.4, -0.2) is 11.7 Å². The molecule has 0 aliphatic heterocycles. The van der Waals surface area contributed by atoms with E-state index in [4.69, 9.17) is 5.73 Å². The molecule has 2 nitrogen and oxygen atoms in total. The molecule has 0 spiro atoms. The number of hydrogen-bond acceptors (Lipinski definition) is 2. The predicted molar refractivity (Wildman–Crippen MR) is 69.5 cm³/mol. The Morgan fingerprint density at radius 3 is 1.94 bits per heavy atom. The van der Waals surface area contributed by atoms with Crippen molar-refractivity contribution in [3.05, 3.63) is 71.8 Å². The zero-order valence-corrected chi connectivity index (χ0v) is 9.71. The van der Waals surface area contributed by atoms with Gasteiger partial charge in [-0.1, -0.05) is 60.7 Å². The van der Waals surface area contributed by atoms with E-state index in [1.165, 1.54) is 0 Å². The molecule has 0 aromatic heterocycles. The van der Waals surface area contributed by atoms with Crippen molar-refractivity contribution < 1.29 is 5.11 Å². The second-order valence-electron chi connectivity index (χ2n) is 4.26. The number of aliphatic hydroxyl groups is 1. The number of nitrogens with two attached hydrogens (primary N) is 1. The van der Waals surface area contributed by atoms with Gasteiger partial charge in [-0.15, -0.1) is 0 Å². The van der Waals surface area contributed by atoms with Crippen LogP contribution in [0.4, 0.5) is 0 Å². The van der Waals surface area contributed by atoms with Crippen LogP contribution in [0.2, 0.25) is 0 Å². The summed E-state index contributed by atoms with van der Waals surface area (Å²) in [6.07, 6.45) is 0.536. The van der Waals surface area contributed by atoms with E-state index in [1.807, 2.05) is 60.7 Å². The van der Waals surface area contributed by atoms with E-state index in [0.717, 1.165) is 11.1 Å². The molecule has 0 amide bonds. The van der Waals surface area contributed by atoms with Gasteiger partial charge < -0.3 is 10.8 Å². The third-order valence-corrected chi connectivity index (χ3v) is 2.99. The van der Waals surface area contributed by atoms with Crippen molar-refractivity contribution in [1.29, 1.82) is 0 Å². The fourth-order valence-corrected chi connectivity index (χ4v) is 1.97. The Kier molecular flexibility index (Phi) is 3.57. The molecule has 2 heteroatoms. The summed E-state index contributed by atoms with van der Waals surface area (Å²) >= 11 is 0. The molecule has 3 N–H and O–H groups in total. The predicted octanol–water partition coefficient (Wildman–Crippen LogP) is 2.08. The van der Waals surface area contributed by atoms with Crippen molar-refractivity contribution in [2.45, 2.75) is 12.0 Å². The van der Waals surface area contributed by atoms with Crippen molar-refractivity contribution in [1.82, 2.24) is 0 Å². The monoisotopic (exact) mass is 227 g/mol. The highest BCUT2D eigenvalue weighted by molar-refractivity contribution is 5.27. The molecule has 17 heavy (non-hydrogen) atoms. The maximum atomic E-state index is 10.6. The number of rotatable bonds is 4. The minimum atomic E-state index is -0.984. The Hall–Kier alpha value is -1.64. The van der Waals surface area contributed by atoms with Gasteiger partial charge in [0.15, 0.2) is 0 Å². The lowest BCUT2D eigenvalue weighted by atomic mass is 9.87. The minimum absolute atomic E-state index is 0.214. The zero-order valence-electron chi connectivity index (χ0n) is 9.71. The summed E-state index contributed by atoms with van der Waals surface area (Å²) in [6.45, 7) is 0.214. The lowest BCUT2D eigenvalue weighted by Crippen LogP contribution is -2.37. The number of benzene rings is 2. The van der Waals surface area contributed by atoms with Crippen LogP contribution in [0.1, 0.15) is 11.1 Å². The molecule has 0 bridgehead atoms. The molecule has 88 valence electrons. The Morgan fingerprint density at radius 2 is 1.41 bits per heavy atom. The first-order chi connectivity index (χ1) is 8.24. The lowest BCUT2D eigenvalue weighted by molar-refractivity contribution is 0.0463. The summed E-state index contributed by atoms with van der Waals surface area (Å²) in [6, 6.07) is 19.5. The van der Waals surface area contributed by atoms with Crippen molar-refractivity contribution in [2.24, 2.45) is 5.73 Å². The Labute approximate surface area is 102 Å². The highest BCUT2D eigenvalue weighted by Gasteiger charge is 2.27. The van der Waals surface area contributed by atoms with Gasteiger partial charge in [0.25, 0.3) is 0 Å². The van der Waals surface area contributed by atoms with E-state index >= 15 is 0 Å². The molecule has 0 heterocycles. The summed E-state index contributed by atoms with van der Waals surface area (Å²) in [5.41, 5.74) is 6.71. The molecule has 0 aliphatic carbocycles. The van der Waals surface area contributed by atoms with Crippen molar-refractivity contribution in [3.63, 3.8) is 0 Å². The fraction of sp³-hybridized carbons (Fsp3) is 0.200. The van der Waals surface area contributed by atoms with Gasteiger partial charge >= 0.3 is 0 Å². The zero-order chi connectivity index (χ0) is 12.1. The van der Waals surface area contributed by atoms with E-state index in [9.17, 15) is 5.11 Å². The molecule has 0 saturated heterocycles. The third-order valence-electron chi connectivity index (χ3n) is 2.99. The standard InChI is InChI=1S/C15H17NO/c16-12-15(17,14-9-5-2-6-10-14)11-13-7-3-1-4-8-13/h1-10,17H,11-12,16H2. The molecule has 1 atom stereocenters. The molecule has 0 radical (unpaired) electrons. The smallest absolute Gasteiger partial charge is 0.106 e. The van der Waals surface area contributed by atoms with Crippen LogP contribution in [0.3, 0.4) is 0 Å². The van der Waals surface area contributed by atoms with Crippen LogP contribution < -0.4 is 5.73 Å². The van der Waals surface area contributed by atoms with Gasteiger partial charge in [-0.05, 0) is 11.1 Å². The van der Waals surface area contributed by atoms with Crippen LogP contribution in [0.25, 0.3) is 0 Å². The molecular weight excluding hydrogens is 210 g/mol. The maximum absolute atomic E-state index is 10.6. The van der Waals surface area contributed by atoms with E-state index in [-0.39, 0.29) is 6.54 Å². The topological polar surface area (TPSA) is 46.2 Å². The molecular formula is C15H17NO. The van der Waals surface area contributed by atoms with Crippen LogP contribution in [-0.2, 0) is 12.0 Å². The van der Waals surface area contributed by atoms with Crippen LogP contribution in [0, 0.1) is 0 Å². The van der Waals surface area contributed by atoms with Crippen molar-refractivity contribution in [3.8, 4) is 0 Å². The second-order valence-corrected chi connectivity index (χ2v) is 4.26. The van der Waals surface area contributed by atoms with Crippen LogP contribution in [0.5, 0.6) is 0 Å². The largest absolute Gasteiger partial charge is 0.383 e. The van der Waals surface area contributed by atoms with E-state index in [2.05, 4.69) is 0 Å². The maximum Gasteiger partial charge on any atom is 0.106 e. The van der Waals surface area contributed by atoms with Gasteiger partial charge in [0, 0.05) is 13.0 Å². The summed E-state index contributed by atoms with van der Waals surface area (Å²) in [7, 11) is 0. The molecule has 1 unspecified atom stereocenters. The third kappa shape index (κ3) is 2.73.